The Labute approximate surface area is 177 Å². The van der Waals surface area contributed by atoms with Crippen LogP contribution in [0.15, 0.2) is 48.5 Å². The quantitative estimate of drug-likeness (QED) is 0.666. The molecule has 3 amide bonds. The molecule has 0 atom stereocenters. The zero-order valence-electron chi connectivity index (χ0n) is 17.5. The van der Waals surface area contributed by atoms with Gasteiger partial charge in [0.2, 0.25) is 0 Å². The van der Waals surface area contributed by atoms with Crippen molar-refractivity contribution in [1.82, 2.24) is 20.4 Å². The second-order valence-electron chi connectivity index (χ2n) is 7.87. The first-order chi connectivity index (χ1) is 14.4. The molecule has 0 heterocycles. The summed E-state index contributed by atoms with van der Waals surface area (Å²) >= 11 is 0. The Kier molecular flexibility index (Phi) is 7.41. The Hall–Kier alpha value is -2.93. The van der Waals surface area contributed by atoms with E-state index in [4.69, 9.17) is 0 Å². The van der Waals surface area contributed by atoms with Crippen LogP contribution in [0.4, 0.5) is 9.18 Å². The maximum absolute atomic E-state index is 14.0. The minimum absolute atomic E-state index is 0.135. The van der Waals surface area contributed by atoms with Gasteiger partial charge in [0.05, 0.1) is 6.54 Å². The summed E-state index contributed by atoms with van der Waals surface area (Å²) < 4.78 is 14.0. The molecule has 1 aliphatic carbocycles. The molecule has 6 nitrogen and oxygen atoms in total. The molecule has 2 aromatic carbocycles. The minimum atomic E-state index is -0.302. The standard InChI is InChI=1S/C23H29FN4O2/c1-27(2)13-12-25-22(29)18-8-5-6-17(14-18)15-26-23(30)28(20-10-11-20)16-19-7-3-4-9-21(19)24/h3-9,14,20H,10-13,15-16H2,1-2H3,(H,25,29)(H,26,30). The predicted molar refractivity (Wildman–Crippen MR) is 115 cm³/mol. The van der Waals surface area contributed by atoms with Crippen LogP contribution in [0.25, 0.3) is 0 Å². The van der Waals surface area contributed by atoms with E-state index < -0.39 is 0 Å². The van der Waals surface area contributed by atoms with Crippen LogP contribution < -0.4 is 10.6 Å². The summed E-state index contributed by atoms with van der Waals surface area (Å²) in [6, 6.07) is 13.7. The third-order valence-corrected chi connectivity index (χ3v) is 5.02. The van der Waals surface area contributed by atoms with E-state index in [-0.39, 0.29) is 30.3 Å². The van der Waals surface area contributed by atoms with Crippen molar-refractivity contribution in [2.45, 2.75) is 32.0 Å². The first-order valence-corrected chi connectivity index (χ1v) is 10.2. The van der Waals surface area contributed by atoms with Gasteiger partial charge in [-0.2, -0.15) is 0 Å². The van der Waals surface area contributed by atoms with Crippen LogP contribution in [0, 0.1) is 5.82 Å². The zero-order valence-corrected chi connectivity index (χ0v) is 17.5. The van der Waals surface area contributed by atoms with Crippen molar-refractivity contribution < 1.29 is 14.0 Å². The highest BCUT2D eigenvalue weighted by Crippen LogP contribution is 2.28. The van der Waals surface area contributed by atoms with Gasteiger partial charge in [-0.1, -0.05) is 30.3 Å². The molecule has 1 saturated carbocycles. The number of rotatable bonds is 9. The van der Waals surface area contributed by atoms with E-state index in [1.807, 2.05) is 25.1 Å². The Balaban J connectivity index is 1.56. The van der Waals surface area contributed by atoms with E-state index in [1.54, 1.807) is 41.3 Å². The molecule has 2 N–H and O–H groups in total. The van der Waals surface area contributed by atoms with Crippen molar-refractivity contribution in [3.63, 3.8) is 0 Å². The van der Waals surface area contributed by atoms with Crippen LogP contribution in [0.1, 0.15) is 34.3 Å². The van der Waals surface area contributed by atoms with E-state index >= 15 is 0 Å². The van der Waals surface area contributed by atoms with Crippen molar-refractivity contribution in [3.8, 4) is 0 Å². The first-order valence-electron chi connectivity index (χ1n) is 10.2. The molecule has 0 unspecified atom stereocenters. The van der Waals surface area contributed by atoms with E-state index in [1.165, 1.54) is 6.07 Å². The maximum Gasteiger partial charge on any atom is 0.318 e. The number of urea groups is 1. The molecule has 2 aromatic rings. The number of carbonyl (C=O) groups is 2. The molecule has 0 saturated heterocycles. The molecule has 0 spiro atoms. The van der Waals surface area contributed by atoms with Crippen LogP contribution in [-0.2, 0) is 13.1 Å². The molecule has 3 rings (SSSR count). The summed E-state index contributed by atoms with van der Waals surface area (Å²) in [6.07, 6.45) is 1.87. The molecule has 30 heavy (non-hydrogen) atoms. The topological polar surface area (TPSA) is 64.7 Å². The third kappa shape index (κ3) is 6.29. The van der Waals surface area contributed by atoms with Gasteiger partial charge in [0.1, 0.15) is 5.82 Å². The Morgan fingerprint density at radius 1 is 1.07 bits per heavy atom. The number of benzene rings is 2. The minimum Gasteiger partial charge on any atom is -0.351 e. The van der Waals surface area contributed by atoms with Crippen molar-refractivity contribution in [2.75, 3.05) is 27.2 Å². The largest absolute Gasteiger partial charge is 0.351 e. The highest BCUT2D eigenvalue weighted by Gasteiger charge is 2.33. The van der Waals surface area contributed by atoms with Crippen molar-refractivity contribution >= 4 is 11.9 Å². The fourth-order valence-corrected chi connectivity index (χ4v) is 3.16. The van der Waals surface area contributed by atoms with Gasteiger partial charge in [-0.15, -0.1) is 0 Å². The lowest BCUT2D eigenvalue weighted by atomic mass is 10.1. The van der Waals surface area contributed by atoms with Crippen molar-refractivity contribution in [3.05, 3.63) is 71.0 Å². The van der Waals surface area contributed by atoms with Crippen LogP contribution >= 0.6 is 0 Å². The summed E-state index contributed by atoms with van der Waals surface area (Å²) in [4.78, 5) is 28.7. The average molecular weight is 413 g/mol. The van der Waals surface area contributed by atoms with Gasteiger partial charge in [0, 0.05) is 36.8 Å². The fraction of sp³-hybridized carbons (Fsp3) is 0.391. The number of amides is 3. The number of hydrogen-bond acceptors (Lipinski definition) is 3. The molecule has 0 aliphatic heterocycles. The van der Waals surface area contributed by atoms with Gasteiger partial charge < -0.3 is 20.4 Å². The Morgan fingerprint density at radius 2 is 1.83 bits per heavy atom. The zero-order chi connectivity index (χ0) is 21.5. The van der Waals surface area contributed by atoms with Crippen LogP contribution in [0.3, 0.4) is 0 Å². The van der Waals surface area contributed by atoms with Crippen molar-refractivity contribution in [1.29, 1.82) is 0 Å². The second kappa shape index (κ2) is 10.2. The lowest BCUT2D eigenvalue weighted by Gasteiger charge is -2.23. The SMILES string of the molecule is CN(C)CCNC(=O)c1cccc(CNC(=O)N(Cc2ccccc2F)C2CC2)c1. The number of likely N-dealkylation sites (N-methyl/N-ethyl adjacent to an activating group) is 1. The maximum atomic E-state index is 14.0. The molecular weight excluding hydrogens is 383 g/mol. The second-order valence-corrected chi connectivity index (χ2v) is 7.87. The summed E-state index contributed by atoms with van der Waals surface area (Å²) in [6.45, 7) is 1.88. The van der Waals surface area contributed by atoms with E-state index in [0.717, 1.165) is 24.9 Å². The molecule has 0 aromatic heterocycles. The molecule has 0 radical (unpaired) electrons. The summed E-state index contributed by atoms with van der Waals surface area (Å²) in [7, 11) is 3.90. The van der Waals surface area contributed by atoms with Gasteiger partial charge in [-0.25, -0.2) is 9.18 Å². The van der Waals surface area contributed by atoms with Gasteiger partial charge >= 0.3 is 6.03 Å². The lowest BCUT2D eigenvalue weighted by molar-refractivity contribution is 0.0951. The van der Waals surface area contributed by atoms with Crippen LogP contribution in [-0.4, -0.2) is 55.0 Å². The Morgan fingerprint density at radius 3 is 2.53 bits per heavy atom. The third-order valence-electron chi connectivity index (χ3n) is 5.02. The van der Waals surface area contributed by atoms with Gasteiger partial charge in [-0.3, -0.25) is 4.79 Å². The van der Waals surface area contributed by atoms with E-state index in [9.17, 15) is 14.0 Å². The number of hydrogen-bond donors (Lipinski definition) is 2. The number of nitrogens with one attached hydrogen (secondary N) is 2. The van der Waals surface area contributed by atoms with Crippen LogP contribution in [0.2, 0.25) is 0 Å². The number of halogens is 1. The van der Waals surface area contributed by atoms with Gasteiger partial charge in [0.25, 0.3) is 5.91 Å². The van der Waals surface area contributed by atoms with Crippen LogP contribution in [0.5, 0.6) is 0 Å². The fourth-order valence-electron chi connectivity index (χ4n) is 3.16. The van der Waals surface area contributed by atoms with E-state index in [2.05, 4.69) is 10.6 Å². The lowest BCUT2D eigenvalue weighted by Crippen LogP contribution is -2.40. The highest BCUT2D eigenvalue weighted by molar-refractivity contribution is 5.94. The molecule has 7 heteroatoms. The monoisotopic (exact) mass is 412 g/mol. The van der Waals surface area contributed by atoms with E-state index in [0.29, 0.717) is 24.2 Å². The van der Waals surface area contributed by atoms with Gasteiger partial charge in [0.15, 0.2) is 0 Å². The predicted octanol–water partition coefficient (Wildman–Crippen LogP) is 2.99. The summed E-state index contributed by atoms with van der Waals surface area (Å²) in [5.41, 5.74) is 1.91. The molecule has 1 aliphatic rings. The smallest absolute Gasteiger partial charge is 0.318 e. The van der Waals surface area contributed by atoms with Crippen molar-refractivity contribution in [2.24, 2.45) is 0 Å². The summed E-state index contributed by atoms with van der Waals surface area (Å²) in [5.74, 6) is -0.437. The highest BCUT2D eigenvalue weighted by atomic mass is 19.1. The number of carbonyl (C=O) groups excluding carboxylic acids is 2. The molecule has 1 fully saturated rings. The Bertz CT molecular complexity index is 883. The normalized spacial score (nSPS) is 13.2. The average Bonchev–Trinajstić information content (AvgIpc) is 3.56. The molecule has 0 bridgehead atoms. The summed E-state index contributed by atoms with van der Waals surface area (Å²) in [5, 5.41) is 5.80. The molecular formula is C23H29FN4O2. The molecule has 160 valence electrons. The first kappa shape index (κ1) is 21.8. The number of nitrogens with zero attached hydrogens (tertiary/aromatic N) is 2. The van der Waals surface area contributed by atoms with Gasteiger partial charge in [-0.05, 0) is 50.7 Å².